The van der Waals surface area contributed by atoms with Crippen LogP contribution in [0.4, 0.5) is 0 Å². The summed E-state index contributed by atoms with van der Waals surface area (Å²) in [5.41, 5.74) is 0.431. The maximum absolute atomic E-state index is 13.7. The van der Waals surface area contributed by atoms with Crippen LogP contribution < -0.4 is 10.6 Å². The van der Waals surface area contributed by atoms with Gasteiger partial charge in [0.05, 0.1) is 13.2 Å². The monoisotopic (exact) mass is 945 g/mol. The first-order valence-electron chi connectivity index (χ1n) is 24.7. The molecule has 66 heavy (non-hydrogen) atoms. The SMILES string of the molecule is C=C(CCCCCCC)C(=O)N(CCNC(C)=O)CCN(CCNC(=O)C(O)C(O)C(O[C@@H]1OC(CO)[C@H](O)[C@H](O)C1O)C(O)CO)C(=O)CCCCCCC/C=C/CCCCCCCC. The summed E-state index contributed by atoms with van der Waals surface area (Å²) in [7, 11) is 0. The number of unbranched alkanes of at least 4 members (excludes halogenated alkanes) is 15. The fraction of sp³-hybridized carbons (Fsp3) is 0.833. The van der Waals surface area contributed by atoms with Gasteiger partial charge in [-0.25, -0.2) is 0 Å². The number of hydrogen-bond donors (Lipinski definition) is 10. The van der Waals surface area contributed by atoms with Gasteiger partial charge in [-0.15, -0.1) is 0 Å². The highest BCUT2D eigenvalue weighted by Gasteiger charge is 2.47. The molecular weight excluding hydrogens is 857 g/mol. The van der Waals surface area contributed by atoms with Crippen molar-refractivity contribution in [3.8, 4) is 0 Å². The van der Waals surface area contributed by atoms with Crippen LogP contribution >= 0.6 is 0 Å². The number of carbonyl (C=O) groups is 4. The molecule has 0 aromatic carbocycles. The zero-order chi connectivity index (χ0) is 49.3. The van der Waals surface area contributed by atoms with E-state index in [1.807, 2.05) is 0 Å². The zero-order valence-corrected chi connectivity index (χ0v) is 40.3. The lowest BCUT2D eigenvalue weighted by atomic mass is 9.98. The number of amides is 4. The van der Waals surface area contributed by atoms with Gasteiger partial charge in [0.1, 0.15) is 42.7 Å². The number of aliphatic hydroxyl groups is 8. The average Bonchev–Trinajstić information content (AvgIpc) is 3.30. The molecule has 1 rings (SSSR count). The minimum absolute atomic E-state index is 0.0470. The average molecular weight is 945 g/mol. The molecule has 9 atom stereocenters. The highest BCUT2D eigenvalue weighted by Crippen LogP contribution is 2.25. The molecule has 384 valence electrons. The van der Waals surface area contributed by atoms with Crippen LogP contribution in [0.25, 0.3) is 0 Å². The Morgan fingerprint density at radius 2 is 1.20 bits per heavy atom. The van der Waals surface area contributed by atoms with E-state index in [1.54, 1.807) is 4.90 Å². The zero-order valence-electron chi connectivity index (χ0n) is 40.3. The standard InChI is InChI=1S/C48H88N4O14/c1-5-7-9-11-12-13-14-15-16-17-18-19-20-22-24-26-39(57)51(31-32-52(30-27-49-36(4)55)47(64)35(3)25-23-21-10-8-6-2)29-28-50-46(63)43(61)42(60)45(37(56)33-53)66-48-44(62)41(59)40(58)38(34-54)65-48/h15-16,37-38,40-45,48,53-54,56,58-62H,3,5-14,17-34H2,1-2,4H3,(H,49,55)(H,50,63)/b16-15+/t37?,38?,40-,41-,42?,43?,44?,45?,48-/m0/s1. The third kappa shape index (κ3) is 24.8. The molecule has 1 saturated heterocycles. The van der Waals surface area contributed by atoms with Crippen LogP contribution in [0.3, 0.4) is 0 Å². The van der Waals surface area contributed by atoms with Gasteiger partial charge in [0, 0.05) is 58.2 Å². The molecule has 0 aliphatic carbocycles. The Balaban J connectivity index is 2.98. The number of allylic oxidation sites excluding steroid dienone is 2. The summed E-state index contributed by atoms with van der Waals surface area (Å²) in [6.45, 7) is 8.24. The van der Waals surface area contributed by atoms with Gasteiger partial charge in [-0.3, -0.25) is 19.2 Å². The van der Waals surface area contributed by atoms with Crippen LogP contribution in [0.15, 0.2) is 24.3 Å². The highest BCUT2D eigenvalue weighted by atomic mass is 16.7. The van der Waals surface area contributed by atoms with E-state index in [1.165, 1.54) is 50.3 Å². The third-order valence-corrected chi connectivity index (χ3v) is 11.9. The second-order valence-electron chi connectivity index (χ2n) is 17.5. The summed E-state index contributed by atoms with van der Waals surface area (Å²) in [5, 5.41) is 87.2. The number of aliphatic hydroxyl groups excluding tert-OH is 8. The maximum Gasteiger partial charge on any atom is 0.251 e. The molecule has 6 unspecified atom stereocenters. The van der Waals surface area contributed by atoms with Crippen molar-refractivity contribution < 1.29 is 69.5 Å². The van der Waals surface area contributed by atoms with Gasteiger partial charge in [0.25, 0.3) is 5.91 Å². The fourth-order valence-electron chi connectivity index (χ4n) is 7.65. The first kappa shape index (κ1) is 61.0. The Labute approximate surface area is 393 Å². The van der Waals surface area contributed by atoms with Gasteiger partial charge < -0.3 is 70.8 Å². The molecule has 4 amide bonds. The van der Waals surface area contributed by atoms with Gasteiger partial charge in [-0.05, 0) is 44.9 Å². The molecule has 10 N–H and O–H groups in total. The van der Waals surface area contributed by atoms with Gasteiger partial charge >= 0.3 is 0 Å². The Morgan fingerprint density at radius 1 is 0.682 bits per heavy atom. The molecular formula is C48H88N4O14. The van der Waals surface area contributed by atoms with E-state index in [0.29, 0.717) is 18.4 Å². The topological polar surface area (TPSA) is 279 Å². The summed E-state index contributed by atoms with van der Waals surface area (Å²) in [6.07, 6.45) is 7.40. The molecule has 1 heterocycles. The minimum Gasteiger partial charge on any atom is -0.394 e. The van der Waals surface area contributed by atoms with Crippen LogP contribution in [-0.4, -0.2) is 182 Å². The number of rotatable bonds is 39. The number of carbonyl (C=O) groups excluding carboxylic acids is 4. The lowest BCUT2D eigenvalue weighted by Crippen LogP contribution is -2.62. The molecule has 0 radical (unpaired) electrons. The molecule has 0 saturated carbocycles. The smallest absolute Gasteiger partial charge is 0.251 e. The molecule has 18 heteroatoms. The molecule has 1 aliphatic heterocycles. The van der Waals surface area contributed by atoms with Gasteiger partial charge in [0.15, 0.2) is 12.4 Å². The van der Waals surface area contributed by atoms with E-state index in [9.17, 15) is 60.0 Å². The van der Waals surface area contributed by atoms with Gasteiger partial charge in [-0.2, -0.15) is 0 Å². The second kappa shape index (κ2) is 36.9. The van der Waals surface area contributed by atoms with Crippen molar-refractivity contribution >= 4 is 23.6 Å². The summed E-state index contributed by atoms with van der Waals surface area (Å²) in [5.74, 6) is -1.89. The third-order valence-electron chi connectivity index (χ3n) is 11.9. The molecule has 0 aromatic rings. The quantitative estimate of drug-likeness (QED) is 0.0240. The lowest BCUT2D eigenvalue weighted by Gasteiger charge is -2.42. The molecule has 18 nitrogen and oxygen atoms in total. The first-order chi connectivity index (χ1) is 31.6. The van der Waals surface area contributed by atoms with Gasteiger partial charge in [0.2, 0.25) is 17.7 Å². The van der Waals surface area contributed by atoms with Gasteiger partial charge in [-0.1, -0.05) is 110 Å². The van der Waals surface area contributed by atoms with E-state index < -0.39 is 74.2 Å². The van der Waals surface area contributed by atoms with Crippen LogP contribution in [0.1, 0.15) is 149 Å². The van der Waals surface area contributed by atoms with Crippen molar-refractivity contribution in [2.45, 2.75) is 204 Å². The Kier molecular flexibility index (Phi) is 34.1. The van der Waals surface area contributed by atoms with Crippen LogP contribution in [0, 0.1) is 0 Å². The van der Waals surface area contributed by atoms with Crippen LogP contribution in [-0.2, 0) is 28.7 Å². The fourth-order valence-corrected chi connectivity index (χ4v) is 7.65. The van der Waals surface area contributed by atoms with Crippen LogP contribution in [0.5, 0.6) is 0 Å². The van der Waals surface area contributed by atoms with E-state index in [0.717, 1.165) is 70.6 Å². The summed E-state index contributed by atoms with van der Waals surface area (Å²) in [4.78, 5) is 55.2. The molecule has 0 aromatic heterocycles. The predicted molar refractivity (Wildman–Crippen MR) is 251 cm³/mol. The second-order valence-corrected chi connectivity index (χ2v) is 17.5. The van der Waals surface area contributed by atoms with Crippen molar-refractivity contribution in [1.82, 2.24) is 20.4 Å². The highest BCUT2D eigenvalue weighted by molar-refractivity contribution is 5.92. The van der Waals surface area contributed by atoms with Crippen molar-refractivity contribution in [3.05, 3.63) is 24.3 Å². The largest absolute Gasteiger partial charge is 0.394 e. The number of nitrogens with zero attached hydrogens (tertiary/aromatic N) is 2. The van der Waals surface area contributed by atoms with Crippen molar-refractivity contribution in [2.24, 2.45) is 0 Å². The normalized spacial score (nSPS) is 20.4. The summed E-state index contributed by atoms with van der Waals surface area (Å²) < 4.78 is 10.7. The molecule has 0 bridgehead atoms. The maximum atomic E-state index is 13.7. The number of ether oxygens (including phenoxy) is 2. The Hall–Kier alpha value is -3.04. The first-order valence-corrected chi connectivity index (χ1v) is 24.7. The minimum atomic E-state index is -2.28. The number of hydrogen-bond acceptors (Lipinski definition) is 14. The van der Waals surface area contributed by atoms with E-state index >= 15 is 0 Å². The Bertz CT molecular complexity index is 1370. The predicted octanol–water partition coefficient (Wildman–Crippen LogP) is 2.11. The Morgan fingerprint density at radius 3 is 1.76 bits per heavy atom. The van der Waals surface area contributed by atoms with Crippen molar-refractivity contribution in [2.75, 3.05) is 52.5 Å². The van der Waals surface area contributed by atoms with E-state index in [2.05, 4.69) is 43.2 Å². The molecule has 1 fully saturated rings. The molecule has 0 spiro atoms. The van der Waals surface area contributed by atoms with E-state index in [-0.39, 0.29) is 63.4 Å². The lowest BCUT2D eigenvalue weighted by molar-refractivity contribution is -0.326. The van der Waals surface area contributed by atoms with E-state index in [4.69, 9.17) is 9.47 Å². The van der Waals surface area contributed by atoms with Crippen LogP contribution in [0.2, 0.25) is 0 Å². The summed E-state index contributed by atoms with van der Waals surface area (Å²) in [6, 6.07) is 0. The molecule has 1 aliphatic rings. The van der Waals surface area contributed by atoms with Crippen molar-refractivity contribution in [3.63, 3.8) is 0 Å². The van der Waals surface area contributed by atoms with Crippen molar-refractivity contribution in [1.29, 1.82) is 0 Å². The number of nitrogens with one attached hydrogen (secondary N) is 2. The summed E-state index contributed by atoms with van der Waals surface area (Å²) >= 11 is 0.